The van der Waals surface area contributed by atoms with E-state index in [0.717, 1.165) is 0 Å². The minimum atomic E-state index is -0.494. The van der Waals surface area contributed by atoms with Crippen LogP contribution in [-0.4, -0.2) is 22.8 Å². The van der Waals surface area contributed by atoms with E-state index in [1.807, 2.05) is 0 Å². The molecule has 0 spiro atoms. The number of carbonyl (C=O) groups excluding carboxylic acids is 1. The average molecular weight is 354 g/mol. The molecule has 134 valence electrons. The Hall–Kier alpha value is -3.08. The van der Waals surface area contributed by atoms with E-state index in [2.05, 4.69) is 0 Å². The zero-order valence-corrected chi connectivity index (χ0v) is 14.1. The molecule has 0 bridgehead atoms. The predicted octanol–water partition coefficient (Wildman–Crippen LogP) is 4.57. The highest BCUT2D eigenvalue weighted by Crippen LogP contribution is 2.34. The average Bonchev–Trinajstić information content (AvgIpc) is 2.65. The monoisotopic (exact) mass is 354 g/mol. The molecule has 0 aliphatic heterocycles. The van der Waals surface area contributed by atoms with Gasteiger partial charge in [-0.25, -0.2) is 9.18 Å². The van der Waals surface area contributed by atoms with E-state index in [-0.39, 0.29) is 23.9 Å². The molecule has 0 amide bonds. The van der Waals surface area contributed by atoms with E-state index in [4.69, 9.17) is 4.74 Å². The van der Waals surface area contributed by atoms with Crippen LogP contribution < -0.4 is 0 Å². The Balaban J connectivity index is 1.58. The van der Waals surface area contributed by atoms with Gasteiger partial charge in [-0.15, -0.1) is 0 Å². The van der Waals surface area contributed by atoms with Gasteiger partial charge in [-0.3, -0.25) is 0 Å². The fraction of sp³-hybridized carbons (Fsp3) is 0.190. The van der Waals surface area contributed by atoms with Crippen molar-refractivity contribution in [3.05, 3.63) is 71.5 Å². The number of ether oxygens (including phenoxy) is 1. The van der Waals surface area contributed by atoms with Crippen molar-refractivity contribution in [2.45, 2.75) is 19.3 Å². The van der Waals surface area contributed by atoms with E-state index in [1.165, 1.54) is 12.1 Å². The summed E-state index contributed by atoms with van der Waals surface area (Å²) < 4.78 is 18.8. The van der Waals surface area contributed by atoms with Crippen LogP contribution in [0.4, 0.5) is 4.39 Å². The first-order chi connectivity index (χ1) is 12.6. The number of hydrogen-bond donors (Lipinski definition) is 2. The summed E-state index contributed by atoms with van der Waals surface area (Å²) in [5, 5.41) is 20.4. The van der Waals surface area contributed by atoms with Crippen molar-refractivity contribution in [1.29, 1.82) is 0 Å². The Labute approximate surface area is 150 Å². The largest absolute Gasteiger partial charge is 0.504 e. The first-order valence-electron chi connectivity index (χ1n) is 8.42. The molecular formula is C21H19FO4. The molecular weight excluding hydrogens is 335 g/mol. The van der Waals surface area contributed by atoms with Gasteiger partial charge in [0.15, 0.2) is 11.5 Å². The molecule has 0 atom stereocenters. The number of aromatic hydroxyl groups is 2. The lowest BCUT2D eigenvalue weighted by Gasteiger charge is -2.09. The zero-order chi connectivity index (χ0) is 18.5. The zero-order valence-electron chi connectivity index (χ0n) is 14.1. The minimum Gasteiger partial charge on any atom is -0.504 e. The number of fused-ring (bicyclic) bond motifs is 1. The van der Waals surface area contributed by atoms with Gasteiger partial charge in [0.2, 0.25) is 0 Å². The number of halogens is 1. The molecule has 3 aromatic rings. The van der Waals surface area contributed by atoms with Gasteiger partial charge in [0.1, 0.15) is 5.82 Å². The Bertz CT molecular complexity index is 936. The van der Waals surface area contributed by atoms with E-state index in [1.54, 1.807) is 42.5 Å². The molecule has 0 heterocycles. The van der Waals surface area contributed by atoms with Crippen molar-refractivity contribution < 1.29 is 24.1 Å². The lowest BCUT2D eigenvalue weighted by molar-refractivity contribution is 0.0500. The Morgan fingerprint density at radius 2 is 1.73 bits per heavy atom. The summed E-state index contributed by atoms with van der Waals surface area (Å²) in [5.41, 5.74) is 0.982. The van der Waals surface area contributed by atoms with Crippen LogP contribution >= 0.6 is 0 Å². The molecule has 5 heteroatoms. The number of phenols is 2. The number of benzene rings is 3. The van der Waals surface area contributed by atoms with Gasteiger partial charge in [-0.1, -0.05) is 30.3 Å². The van der Waals surface area contributed by atoms with Crippen LogP contribution in [0.2, 0.25) is 0 Å². The molecule has 0 unspecified atom stereocenters. The molecule has 0 aromatic heterocycles. The summed E-state index contributed by atoms with van der Waals surface area (Å²) in [5.74, 6) is -1.21. The molecule has 0 aliphatic rings. The third-order valence-corrected chi connectivity index (χ3v) is 4.26. The fourth-order valence-electron chi connectivity index (χ4n) is 2.87. The van der Waals surface area contributed by atoms with Crippen molar-refractivity contribution in [2.75, 3.05) is 6.61 Å². The predicted molar refractivity (Wildman–Crippen MR) is 96.9 cm³/mol. The van der Waals surface area contributed by atoms with E-state index in [9.17, 15) is 19.4 Å². The number of phenolic OH excluding ortho intramolecular Hbond substituents is 2. The smallest absolute Gasteiger partial charge is 0.338 e. The molecule has 26 heavy (non-hydrogen) atoms. The number of aryl methyl sites for hydroxylation is 1. The van der Waals surface area contributed by atoms with E-state index < -0.39 is 5.97 Å². The van der Waals surface area contributed by atoms with E-state index >= 15 is 0 Å². The molecule has 0 saturated heterocycles. The Morgan fingerprint density at radius 3 is 2.54 bits per heavy atom. The molecule has 0 radical (unpaired) electrons. The van der Waals surface area contributed by atoms with Crippen molar-refractivity contribution in [3.63, 3.8) is 0 Å². The maximum Gasteiger partial charge on any atom is 0.338 e. The molecule has 0 fully saturated rings. The summed E-state index contributed by atoms with van der Waals surface area (Å²) in [7, 11) is 0. The van der Waals surface area contributed by atoms with Crippen LogP contribution in [-0.2, 0) is 11.2 Å². The van der Waals surface area contributed by atoms with Crippen LogP contribution in [0.1, 0.15) is 28.8 Å². The molecule has 0 aliphatic carbocycles. The molecule has 0 saturated carbocycles. The second-order valence-corrected chi connectivity index (χ2v) is 6.02. The summed E-state index contributed by atoms with van der Waals surface area (Å²) in [4.78, 5) is 12.3. The second kappa shape index (κ2) is 7.87. The minimum absolute atomic E-state index is 0.219. The number of hydrogen-bond acceptors (Lipinski definition) is 4. The first-order valence-corrected chi connectivity index (χ1v) is 8.42. The summed E-state index contributed by atoms with van der Waals surface area (Å²) in [6.45, 7) is 0.230. The number of carbonyl (C=O) groups is 1. The molecule has 2 N–H and O–H groups in total. The quantitative estimate of drug-likeness (QED) is 0.387. The normalized spacial score (nSPS) is 10.8. The van der Waals surface area contributed by atoms with E-state index in [0.29, 0.717) is 41.2 Å². The first kappa shape index (κ1) is 17.7. The standard InChI is InChI=1S/C21H19FO4/c22-18-10-2-1-6-14(18)7-3-4-13-26-21(25)17-9-5-8-16-15(17)11-12-19(23)20(16)24/h1-2,5-6,8-12,23-24H,3-4,7,13H2. The third kappa shape index (κ3) is 3.77. The Morgan fingerprint density at radius 1 is 0.923 bits per heavy atom. The van der Waals surface area contributed by atoms with Crippen molar-refractivity contribution >= 4 is 16.7 Å². The van der Waals surface area contributed by atoms with Crippen LogP contribution in [0.15, 0.2) is 54.6 Å². The summed E-state index contributed by atoms with van der Waals surface area (Å²) in [6, 6.07) is 14.4. The number of rotatable bonds is 6. The van der Waals surface area contributed by atoms with Gasteiger partial charge in [-0.05, 0) is 49.1 Å². The third-order valence-electron chi connectivity index (χ3n) is 4.26. The Kier molecular flexibility index (Phi) is 5.37. The van der Waals surface area contributed by atoms with Crippen LogP contribution in [0, 0.1) is 5.82 Å². The SMILES string of the molecule is O=C(OCCCCc1ccccc1F)c1cccc2c(O)c(O)ccc12. The second-order valence-electron chi connectivity index (χ2n) is 6.02. The molecule has 3 aromatic carbocycles. The van der Waals surface area contributed by atoms with Gasteiger partial charge in [-0.2, -0.15) is 0 Å². The van der Waals surface area contributed by atoms with Crippen LogP contribution in [0.5, 0.6) is 11.5 Å². The molecule has 4 nitrogen and oxygen atoms in total. The lowest BCUT2D eigenvalue weighted by atomic mass is 10.0. The summed E-state index contributed by atoms with van der Waals surface area (Å²) >= 11 is 0. The van der Waals surface area contributed by atoms with Gasteiger partial charge in [0.05, 0.1) is 12.2 Å². The highest BCUT2D eigenvalue weighted by atomic mass is 19.1. The summed E-state index contributed by atoms with van der Waals surface area (Å²) in [6.07, 6.45) is 1.92. The number of unbranched alkanes of at least 4 members (excludes halogenated alkanes) is 1. The van der Waals surface area contributed by atoms with Crippen molar-refractivity contribution in [3.8, 4) is 11.5 Å². The maximum atomic E-state index is 13.5. The number of esters is 1. The lowest BCUT2D eigenvalue weighted by Crippen LogP contribution is -2.07. The van der Waals surface area contributed by atoms with Gasteiger partial charge >= 0.3 is 5.97 Å². The topological polar surface area (TPSA) is 66.8 Å². The molecule has 3 rings (SSSR count). The van der Waals surface area contributed by atoms with Gasteiger partial charge in [0.25, 0.3) is 0 Å². The fourth-order valence-corrected chi connectivity index (χ4v) is 2.87. The van der Waals surface area contributed by atoms with Crippen molar-refractivity contribution in [2.24, 2.45) is 0 Å². The highest BCUT2D eigenvalue weighted by molar-refractivity contribution is 6.06. The highest BCUT2D eigenvalue weighted by Gasteiger charge is 2.14. The maximum absolute atomic E-state index is 13.5. The van der Waals surface area contributed by atoms with Gasteiger partial charge < -0.3 is 14.9 Å². The van der Waals surface area contributed by atoms with Gasteiger partial charge in [0, 0.05) is 10.8 Å². The van der Waals surface area contributed by atoms with Crippen LogP contribution in [0.25, 0.3) is 10.8 Å². The van der Waals surface area contributed by atoms with Crippen LogP contribution in [0.3, 0.4) is 0 Å². The van der Waals surface area contributed by atoms with Crippen molar-refractivity contribution in [1.82, 2.24) is 0 Å².